The first kappa shape index (κ1) is 34.8. The summed E-state index contributed by atoms with van der Waals surface area (Å²) in [5.41, 5.74) is 14.7. The van der Waals surface area contributed by atoms with Gasteiger partial charge in [-0.05, 0) is 206 Å². The Balaban J connectivity index is 1.17. The van der Waals surface area contributed by atoms with Crippen LogP contribution in [0.2, 0.25) is 0 Å². The number of halogens is 5. The normalized spacial score (nSPS) is 10.8. The van der Waals surface area contributed by atoms with Crippen LogP contribution in [0, 0.1) is 47.4 Å². The van der Waals surface area contributed by atoms with Crippen LogP contribution < -0.4 is 0 Å². The zero-order chi connectivity index (χ0) is 33.2. The molecule has 7 heteroatoms. The lowest BCUT2D eigenvalue weighted by molar-refractivity contribution is 1.18. The van der Waals surface area contributed by atoms with Crippen LogP contribution in [-0.2, 0) is 6.42 Å². The van der Waals surface area contributed by atoms with Gasteiger partial charge in [0.2, 0.25) is 0 Å². The summed E-state index contributed by atoms with van der Waals surface area (Å²) in [6.45, 7) is 2.19. The lowest BCUT2D eigenvalue weighted by atomic mass is 9.94. The summed E-state index contributed by atoms with van der Waals surface area (Å²) in [5.74, 6) is 0. The minimum absolute atomic E-state index is 0.715. The van der Waals surface area contributed by atoms with Crippen molar-refractivity contribution in [1.82, 2.24) is 0 Å². The maximum absolute atomic E-state index is 9.36. The molecule has 0 aliphatic heterocycles. The van der Waals surface area contributed by atoms with Gasteiger partial charge in [0.15, 0.2) is 0 Å². The van der Waals surface area contributed by atoms with E-state index in [4.69, 9.17) is 0 Å². The first-order chi connectivity index (χ1) is 22.7. The van der Waals surface area contributed by atoms with Gasteiger partial charge < -0.3 is 0 Å². The van der Waals surface area contributed by atoms with Gasteiger partial charge in [0.1, 0.15) is 12.1 Å². The molecular formula is C40H23I5N2. The van der Waals surface area contributed by atoms with Crippen LogP contribution in [0.5, 0.6) is 0 Å². The molecule has 0 unspecified atom stereocenters. The number of benzene rings is 6. The van der Waals surface area contributed by atoms with E-state index in [-0.39, 0.29) is 0 Å². The van der Waals surface area contributed by atoms with Gasteiger partial charge in [-0.1, -0.05) is 91.0 Å². The number of nitrogens with zero attached hydrogens (tertiary/aromatic N) is 2. The Morgan fingerprint density at radius 3 is 1.26 bits per heavy atom. The summed E-state index contributed by atoms with van der Waals surface area (Å²) in [6, 6.07) is 43.5. The molecule has 47 heavy (non-hydrogen) atoms. The second kappa shape index (κ2) is 15.2. The van der Waals surface area contributed by atoms with Crippen LogP contribution in [0.15, 0.2) is 109 Å². The molecule has 0 saturated heterocycles. The summed E-state index contributed by atoms with van der Waals surface area (Å²) < 4.78 is 5.46. The number of aryl methyl sites for hydroxylation is 1. The van der Waals surface area contributed by atoms with Gasteiger partial charge in [0, 0.05) is 17.9 Å². The molecule has 6 aromatic rings. The van der Waals surface area contributed by atoms with Gasteiger partial charge in [-0.3, -0.25) is 0 Å². The minimum atomic E-state index is 0.715. The van der Waals surface area contributed by atoms with Gasteiger partial charge in [-0.15, -0.1) is 0 Å². The molecule has 0 fully saturated rings. The number of rotatable bonds is 6. The summed E-state index contributed by atoms with van der Waals surface area (Å²) in [7, 11) is 0. The molecule has 0 radical (unpaired) electrons. The summed E-state index contributed by atoms with van der Waals surface area (Å²) in [6.07, 6.45) is 0.876. The van der Waals surface area contributed by atoms with Crippen LogP contribution in [-0.4, -0.2) is 0 Å². The van der Waals surface area contributed by atoms with Gasteiger partial charge in [0.25, 0.3) is 0 Å². The molecule has 0 saturated carbocycles. The van der Waals surface area contributed by atoms with E-state index in [2.05, 4.69) is 217 Å². The Bertz CT molecular complexity index is 2080. The van der Waals surface area contributed by atoms with Crippen molar-refractivity contribution in [3.63, 3.8) is 0 Å². The highest BCUT2D eigenvalue weighted by molar-refractivity contribution is 14.1. The highest BCUT2D eigenvalue weighted by Crippen LogP contribution is 2.35. The molecule has 0 N–H and O–H groups in total. The van der Waals surface area contributed by atoms with Crippen LogP contribution in [0.25, 0.3) is 44.5 Å². The zero-order valence-electron chi connectivity index (χ0n) is 24.9. The molecule has 0 atom stereocenters. The summed E-state index contributed by atoms with van der Waals surface area (Å²) in [4.78, 5) is 0. The fourth-order valence-electron chi connectivity index (χ4n) is 5.67. The van der Waals surface area contributed by atoms with E-state index in [1.54, 1.807) is 0 Å². The molecule has 0 heterocycles. The third-order valence-corrected chi connectivity index (χ3v) is 15.6. The predicted molar refractivity (Wildman–Crippen MR) is 235 cm³/mol. The van der Waals surface area contributed by atoms with Crippen LogP contribution in [0.1, 0.15) is 27.8 Å². The largest absolute Gasteiger partial charge is 0.192 e. The summed E-state index contributed by atoms with van der Waals surface area (Å²) in [5, 5.41) is 18.7. The highest BCUT2D eigenvalue weighted by atomic mass is 127. The van der Waals surface area contributed by atoms with Crippen molar-refractivity contribution in [1.29, 1.82) is 10.5 Å². The van der Waals surface area contributed by atoms with E-state index in [9.17, 15) is 10.5 Å². The molecule has 6 rings (SSSR count). The van der Waals surface area contributed by atoms with E-state index in [1.165, 1.54) is 42.5 Å². The number of hydrogen-bond donors (Lipinski definition) is 0. The Morgan fingerprint density at radius 2 is 0.830 bits per heavy atom. The fourth-order valence-corrected chi connectivity index (χ4v) is 9.31. The molecule has 0 spiro atoms. The predicted octanol–water partition coefficient (Wildman–Crippen LogP) is 13.0. The molecule has 0 aliphatic carbocycles. The Kier molecular flexibility index (Phi) is 11.3. The first-order valence-electron chi connectivity index (χ1n) is 14.5. The second-order valence-corrected chi connectivity index (χ2v) is 16.6. The topological polar surface area (TPSA) is 47.6 Å². The van der Waals surface area contributed by atoms with Crippen LogP contribution >= 0.6 is 113 Å². The Hall–Kier alpha value is -2.05. The van der Waals surface area contributed by atoms with Gasteiger partial charge in [-0.25, -0.2) is 0 Å². The Morgan fingerprint density at radius 1 is 0.447 bits per heavy atom. The maximum Gasteiger partial charge on any atom is 0.100 e. The van der Waals surface area contributed by atoms with E-state index in [1.807, 2.05) is 24.3 Å². The van der Waals surface area contributed by atoms with E-state index in [0.717, 1.165) is 43.0 Å². The maximum atomic E-state index is 9.36. The van der Waals surface area contributed by atoms with Crippen molar-refractivity contribution < 1.29 is 0 Å². The number of hydrogen-bond acceptors (Lipinski definition) is 2. The van der Waals surface area contributed by atoms with Crippen LogP contribution in [0.3, 0.4) is 0 Å². The smallest absolute Gasteiger partial charge is 0.100 e. The van der Waals surface area contributed by atoms with Crippen molar-refractivity contribution in [2.45, 2.75) is 13.3 Å². The molecule has 0 amide bonds. The third kappa shape index (κ3) is 7.44. The Labute approximate surface area is 343 Å². The minimum Gasteiger partial charge on any atom is -0.192 e. The SMILES string of the molecule is Cc1cc(Cc2ccc(-c3ccc(-c4ccc(C#N)c(I)c4I)cc3)c(I)c2)ccc1-c1ccc(-c2ccc(C#N)c(I)c2I)cc1. The molecule has 0 aliphatic rings. The van der Waals surface area contributed by atoms with Crippen molar-refractivity contribution in [2.24, 2.45) is 0 Å². The molecule has 6 aromatic carbocycles. The lowest BCUT2D eigenvalue weighted by Crippen LogP contribution is -1.94. The van der Waals surface area contributed by atoms with Crippen molar-refractivity contribution in [3.8, 4) is 56.6 Å². The quantitative estimate of drug-likeness (QED) is 0.156. The van der Waals surface area contributed by atoms with Crippen LogP contribution in [0.4, 0.5) is 0 Å². The monoisotopic (exact) mass is 1170 g/mol. The third-order valence-electron chi connectivity index (χ3n) is 8.15. The first-order valence-corrected chi connectivity index (χ1v) is 19.9. The second-order valence-electron chi connectivity index (χ2n) is 11.1. The average molecular weight is 1170 g/mol. The standard InChI is InChI=1S/C40H23I5N2/c1-23-18-24(2-14-32(23)26-4-8-28(9-5-26)34-16-12-30(21-46)37(42)39(34)44)19-25-3-15-33(36(41)20-25)27-6-10-29(11-7-27)35-17-13-31(22-47)38(43)40(35)45/h2-18,20H,19H2,1H3. The van der Waals surface area contributed by atoms with E-state index >= 15 is 0 Å². The highest BCUT2D eigenvalue weighted by Gasteiger charge is 2.13. The lowest BCUT2D eigenvalue weighted by Gasteiger charge is -2.13. The molecule has 228 valence electrons. The zero-order valence-corrected chi connectivity index (χ0v) is 35.7. The van der Waals surface area contributed by atoms with Gasteiger partial charge >= 0.3 is 0 Å². The number of nitriles is 2. The average Bonchev–Trinajstić information content (AvgIpc) is 3.08. The van der Waals surface area contributed by atoms with E-state index in [0.29, 0.717) is 11.1 Å². The molecular weight excluding hydrogens is 1140 g/mol. The van der Waals surface area contributed by atoms with Crippen molar-refractivity contribution >= 4 is 113 Å². The van der Waals surface area contributed by atoms with Crippen molar-refractivity contribution in [2.75, 3.05) is 0 Å². The van der Waals surface area contributed by atoms with E-state index < -0.39 is 0 Å². The van der Waals surface area contributed by atoms with Gasteiger partial charge in [-0.2, -0.15) is 10.5 Å². The fraction of sp³-hybridized carbons (Fsp3) is 0.0500. The summed E-state index contributed by atoms with van der Waals surface area (Å²) >= 11 is 11.7. The molecule has 2 nitrogen and oxygen atoms in total. The molecule has 0 bridgehead atoms. The van der Waals surface area contributed by atoms with Gasteiger partial charge in [0.05, 0.1) is 11.1 Å². The van der Waals surface area contributed by atoms with Crippen molar-refractivity contribution in [3.05, 3.63) is 155 Å². The molecule has 0 aromatic heterocycles.